The van der Waals surface area contributed by atoms with Crippen LogP contribution in [0.1, 0.15) is 33.5 Å². The van der Waals surface area contributed by atoms with E-state index in [0.29, 0.717) is 31.6 Å². The first kappa shape index (κ1) is 28.8. The number of hydrogen-bond donors (Lipinski definition) is 3. The standard InChI is InChI=1S/C31H34N4O5/c32-28(20-24-6-12-25(13-7-24)30(36)29-21-33-18-19-40-29)31(37)34-26(14-8-22-4-2-1-3-5-22)15-9-23-10-16-27(17-11-23)35(38)39/h1-7,9-13,15-17,26,28-29,33H,8,14,18-21,32H2,(H,34,37)/t26-,28-,29?/m0/s1. The van der Waals surface area contributed by atoms with Crippen LogP contribution in [-0.4, -0.2) is 54.5 Å². The van der Waals surface area contributed by atoms with Gasteiger partial charge in [-0.25, -0.2) is 0 Å². The number of nitro groups is 1. The normalized spacial score (nSPS) is 16.8. The lowest BCUT2D eigenvalue weighted by Gasteiger charge is -2.22. The predicted octanol–water partition coefficient (Wildman–Crippen LogP) is 3.47. The van der Waals surface area contributed by atoms with Crippen LogP contribution < -0.4 is 16.4 Å². The number of benzene rings is 3. The molecule has 1 aliphatic heterocycles. The van der Waals surface area contributed by atoms with E-state index in [1.165, 1.54) is 12.1 Å². The predicted molar refractivity (Wildman–Crippen MR) is 154 cm³/mol. The number of nitrogens with one attached hydrogen (secondary N) is 2. The molecule has 0 saturated carbocycles. The third kappa shape index (κ3) is 8.41. The van der Waals surface area contributed by atoms with E-state index in [-0.39, 0.29) is 23.4 Å². The summed E-state index contributed by atoms with van der Waals surface area (Å²) in [6.45, 7) is 1.74. The molecule has 1 amide bonds. The molecule has 4 N–H and O–H groups in total. The highest BCUT2D eigenvalue weighted by molar-refractivity contribution is 5.99. The fourth-order valence-corrected chi connectivity index (χ4v) is 4.48. The van der Waals surface area contributed by atoms with Gasteiger partial charge in [-0.15, -0.1) is 0 Å². The molecule has 1 saturated heterocycles. The van der Waals surface area contributed by atoms with Gasteiger partial charge in [0.05, 0.1) is 17.6 Å². The van der Waals surface area contributed by atoms with Crippen molar-refractivity contribution in [1.29, 1.82) is 0 Å². The second kappa shape index (κ2) is 14.3. The van der Waals surface area contributed by atoms with E-state index in [1.807, 2.05) is 54.6 Å². The Balaban J connectivity index is 1.37. The maximum absolute atomic E-state index is 13.1. The van der Waals surface area contributed by atoms with Crippen molar-refractivity contribution in [2.45, 2.75) is 37.5 Å². The van der Waals surface area contributed by atoms with Gasteiger partial charge >= 0.3 is 0 Å². The lowest BCUT2D eigenvalue weighted by molar-refractivity contribution is -0.384. The Morgan fingerprint density at radius 1 is 1.05 bits per heavy atom. The lowest BCUT2D eigenvalue weighted by Crippen LogP contribution is -2.46. The van der Waals surface area contributed by atoms with Crippen molar-refractivity contribution < 1.29 is 19.2 Å². The number of carbonyl (C=O) groups excluding carboxylic acids is 2. The quantitative estimate of drug-likeness (QED) is 0.181. The van der Waals surface area contributed by atoms with Gasteiger partial charge in [-0.2, -0.15) is 0 Å². The van der Waals surface area contributed by atoms with Crippen LogP contribution in [0.25, 0.3) is 6.08 Å². The molecular formula is C31H34N4O5. The first-order chi connectivity index (χ1) is 19.4. The number of ether oxygens (including phenoxy) is 1. The molecule has 1 heterocycles. The second-order valence-corrected chi connectivity index (χ2v) is 9.78. The number of ketones is 1. The molecule has 40 heavy (non-hydrogen) atoms. The monoisotopic (exact) mass is 542 g/mol. The van der Waals surface area contributed by atoms with Crippen molar-refractivity contribution in [3.8, 4) is 0 Å². The number of hydrogen-bond acceptors (Lipinski definition) is 7. The fourth-order valence-electron chi connectivity index (χ4n) is 4.48. The summed E-state index contributed by atoms with van der Waals surface area (Å²) in [4.78, 5) is 36.2. The molecule has 9 heteroatoms. The Bertz CT molecular complexity index is 1300. The van der Waals surface area contributed by atoms with Crippen molar-refractivity contribution in [3.63, 3.8) is 0 Å². The minimum absolute atomic E-state index is 0.0220. The summed E-state index contributed by atoms with van der Waals surface area (Å²) in [7, 11) is 0. The van der Waals surface area contributed by atoms with Crippen LogP contribution in [0.15, 0.2) is 84.9 Å². The summed E-state index contributed by atoms with van der Waals surface area (Å²) in [5, 5.41) is 17.1. The summed E-state index contributed by atoms with van der Waals surface area (Å²) in [6.07, 6.45) is 4.96. The average Bonchev–Trinajstić information content (AvgIpc) is 2.99. The molecule has 1 unspecified atom stereocenters. The Morgan fingerprint density at radius 2 is 1.77 bits per heavy atom. The van der Waals surface area contributed by atoms with Gasteiger partial charge < -0.3 is 21.1 Å². The average molecular weight is 543 g/mol. The maximum atomic E-state index is 13.1. The molecular weight excluding hydrogens is 508 g/mol. The van der Waals surface area contributed by atoms with Crippen LogP contribution in [0.4, 0.5) is 5.69 Å². The first-order valence-corrected chi connectivity index (χ1v) is 13.4. The molecule has 0 aromatic heterocycles. The molecule has 1 aliphatic rings. The Kier molecular flexibility index (Phi) is 10.3. The minimum Gasteiger partial charge on any atom is -0.367 e. The number of nitrogens with zero attached hydrogens (tertiary/aromatic N) is 1. The van der Waals surface area contributed by atoms with Crippen LogP contribution in [0.2, 0.25) is 0 Å². The van der Waals surface area contributed by atoms with Gasteiger partial charge in [-0.05, 0) is 48.1 Å². The van der Waals surface area contributed by atoms with E-state index in [0.717, 1.165) is 29.7 Å². The highest BCUT2D eigenvalue weighted by Gasteiger charge is 2.23. The number of rotatable bonds is 12. The van der Waals surface area contributed by atoms with Crippen molar-refractivity contribution in [2.24, 2.45) is 5.73 Å². The van der Waals surface area contributed by atoms with Crippen molar-refractivity contribution in [1.82, 2.24) is 10.6 Å². The molecule has 0 aliphatic carbocycles. The zero-order valence-corrected chi connectivity index (χ0v) is 22.2. The summed E-state index contributed by atoms with van der Waals surface area (Å²) in [5.41, 5.74) is 9.65. The molecule has 0 bridgehead atoms. The van der Waals surface area contributed by atoms with Crippen LogP contribution in [0, 0.1) is 10.1 Å². The first-order valence-electron chi connectivity index (χ1n) is 13.4. The topological polar surface area (TPSA) is 137 Å². The summed E-state index contributed by atoms with van der Waals surface area (Å²) in [5.74, 6) is -0.352. The van der Waals surface area contributed by atoms with E-state index < -0.39 is 17.1 Å². The zero-order chi connectivity index (χ0) is 28.3. The fraction of sp³-hybridized carbons (Fsp3) is 0.290. The number of amides is 1. The van der Waals surface area contributed by atoms with Gasteiger partial charge in [0.25, 0.3) is 5.69 Å². The SMILES string of the molecule is N[C@@H](Cc1ccc(C(=O)C2CNCCO2)cc1)C(=O)N[C@H](C=Cc1ccc([N+](=O)[O-])cc1)CCc1ccccc1. The number of morpholine rings is 1. The number of nitrogens with two attached hydrogens (primary N) is 1. The Morgan fingerprint density at radius 3 is 2.42 bits per heavy atom. The largest absolute Gasteiger partial charge is 0.367 e. The number of nitro benzene ring substituents is 1. The third-order valence-electron chi connectivity index (χ3n) is 6.79. The molecule has 208 valence electrons. The lowest BCUT2D eigenvalue weighted by atomic mass is 9.99. The van der Waals surface area contributed by atoms with Crippen molar-refractivity contribution in [2.75, 3.05) is 19.7 Å². The molecule has 9 nitrogen and oxygen atoms in total. The third-order valence-corrected chi connectivity index (χ3v) is 6.79. The Labute approximate surface area is 233 Å². The molecule has 3 aromatic rings. The van der Waals surface area contributed by atoms with Crippen LogP contribution in [0.5, 0.6) is 0 Å². The van der Waals surface area contributed by atoms with E-state index in [4.69, 9.17) is 10.5 Å². The van der Waals surface area contributed by atoms with Crippen LogP contribution >= 0.6 is 0 Å². The minimum atomic E-state index is -0.778. The van der Waals surface area contributed by atoms with Gasteiger partial charge in [0.1, 0.15) is 6.10 Å². The number of aryl methyl sites for hydroxylation is 1. The van der Waals surface area contributed by atoms with Crippen LogP contribution in [-0.2, 0) is 22.4 Å². The molecule has 3 aromatic carbocycles. The van der Waals surface area contributed by atoms with Gasteiger partial charge in [-0.3, -0.25) is 19.7 Å². The molecule has 0 radical (unpaired) electrons. The summed E-state index contributed by atoms with van der Waals surface area (Å²) in [6, 6.07) is 22.3. The van der Waals surface area contributed by atoms with Crippen molar-refractivity contribution in [3.05, 3.63) is 117 Å². The van der Waals surface area contributed by atoms with E-state index in [1.54, 1.807) is 24.3 Å². The van der Waals surface area contributed by atoms with E-state index in [2.05, 4.69) is 10.6 Å². The van der Waals surface area contributed by atoms with E-state index >= 15 is 0 Å². The van der Waals surface area contributed by atoms with Gasteiger partial charge in [0, 0.05) is 36.8 Å². The summed E-state index contributed by atoms with van der Waals surface area (Å²) < 4.78 is 5.55. The molecule has 1 fully saturated rings. The van der Waals surface area contributed by atoms with E-state index in [9.17, 15) is 19.7 Å². The number of Topliss-reactive ketones (excluding diaryl/α,β-unsaturated/α-hetero) is 1. The summed E-state index contributed by atoms with van der Waals surface area (Å²) >= 11 is 0. The van der Waals surface area contributed by atoms with Gasteiger partial charge in [-0.1, -0.05) is 66.7 Å². The molecule has 4 rings (SSSR count). The van der Waals surface area contributed by atoms with Crippen LogP contribution in [0.3, 0.4) is 0 Å². The molecule has 3 atom stereocenters. The number of non-ortho nitro benzene ring substituents is 1. The van der Waals surface area contributed by atoms with Crippen molar-refractivity contribution >= 4 is 23.5 Å². The number of carbonyl (C=O) groups is 2. The highest BCUT2D eigenvalue weighted by atomic mass is 16.6. The zero-order valence-electron chi connectivity index (χ0n) is 22.2. The van der Waals surface area contributed by atoms with Gasteiger partial charge in [0.2, 0.25) is 5.91 Å². The second-order valence-electron chi connectivity index (χ2n) is 9.78. The smallest absolute Gasteiger partial charge is 0.269 e. The maximum Gasteiger partial charge on any atom is 0.269 e. The van der Waals surface area contributed by atoms with Gasteiger partial charge in [0.15, 0.2) is 5.78 Å². The molecule has 0 spiro atoms. The highest BCUT2D eigenvalue weighted by Crippen LogP contribution is 2.15. The Hall–Kier alpha value is -4.18.